The third kappa shape index (κ3) is 3.28. The van der Waals surface area contributed by atoms with Crippen molar-refractivity contribution >= 4 is 44.9 Å². The summed E-state index contributed by atoms with van der Waals surface area (Å²) in [6.07, 6.45) is 5.29. The molecule has 0 atom stereocenters. The molecular weight excluding hydrogens is 476 g/mol. The van der Waals surface area contributed by atoms with E-state index in [1.165, 1.54) is 27.8 Å². The monoisotopic (exact) mass is 498 g/mol. The molecule has 39 heavy (non-hydrogen) atoms. The second-order valence-corrected chi connectivity index (χ2v) is 9.85. The minimum Gasteiger partial charge on any atom is -0.305 e. The van der Waals surface area contributed by atoms with Crippen molar-refractivity contribution in [3.63, 3.8) is 0 Å². The molecule has 0 bridgehead atoms. The highest BCUT2D eigenvalue weighted by Gasteiger charge is 2.18. The van der Waals surface area contributed by atoms with Crippen LogP contribution in [0.5, 0.6) is 0 Å². The fourth-order valence-corrected chi connectivity index (χ4v) is 5.82. The molecule has 0 fully saturated rings. The Balaban J connectivity index is 1.42. The van der Waals surface area contributed by atoms with E-state index in [-0.39, 0.29) is 0 Å². The van der Waals surface area contributed by atoms with Crippen LogP contribution >= 0.6 is 0 Å². The van der Waals surface area contributed by atoms with E-state index in [1.807, 2.05) is 6.20 Å². The van der Waals surface area contributed by atoms with Crippen molar-refractivity contribution < 1.29 is 0 Å². The summed E-state index contributed by atoms with van der Waals surface area (Å²) in [4.78, 5) is 13.9. The van der Waals surface area contributed by atoms with Crippen LogP contribution in [-0.2, 0) is 0 Å². The van der Waals surface area contributed by atoms with Crippen LogP contribution in [0.15, 0.2) is 122 Å². The van der Waals surface area contributed by atoms with Gasteiger partial charge in [0.05, 0.1) is 16.4 Å². The molecule has 0 aliphatic carbocycles. The Morgan fingerprint density at radius 1 is 0.462 bits per heavy atom. The van der Waals surface area contributed by atoms with Crippen LogP contribution < -0.4 is 5.35 Å². The normalized spacial score (nSPS) is 11.7. The molecule has 0 unspecified atom stereocenters. The zero-order chi connectivity index (χ0) is 25.9. The number of hydrogen-bond donors (Lipinski definition) is 0. The Labute approximate surface area is 224 Å². The van der Waals surface area contributed by atoms with Crippen molar-refractivity contribution in [3.05, 3.63) is 127 Å². The molecule has 4 heteroatoms. The Morgan fingerprint density at radius 3 is 1.72 bits per heavy atom. The lowest BCUT2D eigenvalue weighted by molar-refractivity contribution is 1.17. The number of hydrogen-bond acceptors (Lipinski definition) is 3. The molecule has 0 saturated heterocycles. The molecule has 0 aliphatic rings. The molecule has 0 saturated carbocycles. The van der Waals surface area contributed by atoms with Crippen LogP contribution in [0.4, 0.5) is 0 Å². The average molecular weight is 499 g/mol. The van der Waals surface area contributed by atoms with E-state index >= 15 is 0 Å². The van der Waals surface area contributed by atoms with Crippen LogP contribution in [0.2, 0.25) is 0 Å². The summed E-state index contributed by atoms with van der Waals surface area (Å²) in [5.41, 5.74) is 11.6. The van der Waals surface area contributed by atoms with Crippen LogP contribution in [0.1, 0.15) is 0 Å². The lowest BCUT2D eigenvalue weighted by Gasteiger charge is -2.12. The van der Waals surface area contributed by atoms with E-state index in [4.69, 9.17) is 4.98 Å². The summed E-state index contributed by atoms with van der Waals surface area (Å²) in [5.74, 6) is 0. The molecule has 4 aromatic heterocycles. The molecule has 0 aliphatic heterocycles. The first kappa shape index (κ1) is 21.7. The predicted molar refractivity (Wildman–Crippen MR) is 160 cm³/mol. The van der Waals surface area contributed by atoms with Gasteiger partial charge in [0.2, 0.25) is 0 Å². The Morgan fingerprint density at radius 2 is 1.05 bits per heavy atom. The summed E-state index contributed by atoms with van der Waals surface area (Å²) < 4.78 is 2.18. The minimum atomic E-state index is 0.773. The molecule has 8 rings (SSSR count). The summed E-state index contributed by atoms with van der Waals surface area (Å²) in [7, 11) is 0. The molecule has 0 amide bonds. The lowest BCUT2D eigenvalue weighted by atomic mass is 9.93. The first-order valence-electron chi connectivity index (χ1n) is 13.0. The number of pyridine rings is 2. The van der Waals surface area contributed by atoms with E-state index in [0.29, 0.717) is 0 Å². The number of rotatable bonds is 3. The number of fused-ring (bicyclic) bond motifs is 5. The molecule has 4 heterocycles. The fraction of sp³-hybridized carbons (Fsp3) is 0. The largest absolute Gasteiger partial charge is 0.305 e. The van der Waals surface area contributed by atoms with Gasteiger partial charge in [0.25, 0.3) is 0 Å². The Hall–Kier alpha value is -5.35. The quantitative estimate of drug-likeness (QED) is 0.234. The molecular formula is C35H22N4. The highest BCUT2D eigenvalue weighted by Crippen LogP contribution is 2.37. The average Bonchev–Trinajstić information content (AvgIpc) is 3.35. The maximum Gasteiger partial charge on any atom is 0.119 e. The molecule has 0 radical (unpaired) electrons. The number of aromatic nitrogens is 4. The van der Waals surface area contributed by atoms with Gasteiger partial charge in [0, 0.05) is 29.4 Å². The first-order chi connectivity index (χ1) is 19.3. The molecule has 4 nitrogen and oxygen atoms in total. The van der Waals surface area contributed by atoms with Gasteiger partial charge in [-0.25, -0.2) is 0 Å². The van der Waals surface area contributed by atoms with Crippen molar-refractivity contribution in [2.24, 2.45) is 0 Å². The van der Waals surface area contributed by atoms with Crippen molar-refractivity contribution in [1.29, 1.82) is 0 Å². The van der Waals surface area contributed by atoms with Gasteiger partial charge < -0.3 is 4.40 Å². The summed E-state index contributed by atoms with van der Waals surface area (Å²) >= 11 is 0. The summed E-state index contributed by atoms with van der Waals surface area (Å²) in [5, 5.41) is 3.12. The fourth-order valence-electron chi connectivity index (χ4n) is 5.82. The highest BCUT2D eigenvalue weighted by atomic mass is 14.9. The van der Waals surface area contributed by atoms with E-state index in [0.717, 1.165) is 49.3 Å². The Bertz CT molecular complexity index is 2170. The van der Waals surface area contributed by atoms with Crippen LogP contribution in [0.3, 0.4) is 0 Å². The van der Waals surface area contributed by atoms with Crippen molar-refractivity contribution in [3.8, 4) is 33.4 Å². The molecule has 4 aromatic carbocycles. The van der Waals surface area contributed by atoms with E-state index in [1.54, 1.807) is 12.4 Å². The van der Waals surface area contributed by atoms with Crippen LogP contribution in [0.25, 0.3) is 78.3 Å². The third-order valence-corrected chi connectivity index (χ3v) is 7.62. The first-order valence-corrected chi connectivity index (χ1v) is 13.0. The highest BCUT2D eigenvalue weighted by molar-refractivity contribution is 6.18. The SMILES string of the molecule is C=c1c2nccnc2c2nccc3c4cc(-c5cc(-c6ccccc6)cc(-c6ccccc6)c5)ccc4n1c32. The lowest BCUT2D eigenvalue weighted by Crippen LogP contribution is -2.14. The van der Waals surface area contributed by atoms with Gasteiger partial charge in [-0.1, -0.05) is 73.3 Å². The summed E-state index contributed by atoms with van der Waals surface area (Å²) in [6.45, 7) is 4.41. The van der Waals surface area contributed by atoms with Crippen molar-refractivity contribution in [2.75, 3.05) is 0 Å². The third-order valence-electron chi connectivity index (χ3n) is 7.62. The maximum atomic E-state index is 4.72. The van der Waals surface area contributed by atoms with Gasteiger partial charge in [-0.15, -0.1) is 0 Å². The van der Waals surface area contributed by atoms with E-state index in [9.17, 15) is 0 Å². The van der Waals surface area contributed by atoms with Gasteiger partial charge in [-0.05, 0) is 69.8 Å². The maximum absolute atomic E-state index is 4.72. The molecule has 182 valence electrons. The second kappa shape index (κ2) is 8.33. The van der Waals surface area contributed by atoms with Crippen molar-refractivity contribution in [2.45, 2.75) is 0 Å². The minimum absolute atomic E-state index is 0.773. The second-order valence-electron chi connectivity index (χ2n) is 9.85. The number of nitrogens with zero attached hydrogens (tertiary/aromatic N) is 4. The molecule has 0 N–H and O–H groups in total. The van der Waals surface area contributed by atoms with Crippen LogP contribution in [-0.4, -0.2) is 19.4 Å². The van der Waals surface area contributed by atoms with Gasteiger partial charge in [0.1, 0.15) is 16.6 Å². The molecule has 8 aromatic rings. The van der Waals surface area contributed by atoms with E-state index < -0.39 is 0 Å². The van der Waals surface area contributed by atoms with Crippen molar-refractivity contribution in [1.82, 2.24) is 19.4 Å². The smallest absolute Gasteiger partial charge is 0.119 e. The predicted octanol–water partition coefficient (Wildman–Crippen LogP) is 7.71. The standard InChI is InChI=1S/C35H22N4/c1-22-32-33(38-17-16-37-32)34-35-29(14-15-36-34)30-21-25(12-13-31(30)39(22)35)28-19-26(23-8-4-2-5-9-23)18-27(20-28)24-10-6-3-7-11-24/h2-21H,1H2. The molecule has 0 spiro atoms. The van der Waals surface area contributed by atoms with E-state index in [2.05, 4.69) is 124 Å². The van der Waals surface area contributed by atoms with Gasteiger partial charge in [-0.2, -0.15) is 0 Å². The van der Waals surface area contributed by atoms with Crippen LogP contribution in [0, 0.1) is 0 Å². The zero-order valence-electron chi connectivity index (χ0n) is 21.0. The van der Waals surface area contributed by atoms with Gasteiger partial charge in [-0.3, -0.25) is 15.0 Å². The number of benzene rings is 4. The Kier molecular flexibility index (Phi) is 4.64. The summed E-state index contributed by atoms with van der Waals surface area (Å²) in [6, 6.07) is 36.8. The zero-order valence-corrected chi connectivity index (χ0v) is 21.0. The van der Waals surface area contributed by atoms with Gasteiger partial charge in [0.15, 0.2) is 0 Å². The van der Waals surface area contributed by atoms with Gasteiger partial charge >= 0.3 is 0 Å². The topological polar surface area (TPSA) is 43.1 Å².